The first-order valence-electron chi connectivity index (χ1n) is 12.1. The average Bonchev–Trinajstić information content (AvgIpc) is 2.84. The Morgan fingerprint density at radius 3 is 2.24 bits per heavy atom. The molecule has 0 aliphatic carbocycles. The van der Waals surface area contributed by atoms with Crippen LogP contribution in [0.25, 0.3) is 0 Å². The van der Waals surface area contributed by atoms with Gasteiger partial charge >= 0.3 is 6.09 Å². The van der Waals surface area contributed by atoms with Gasteiger partial charge in [-0.2, -0.15) is 0 Å². The SMILES string of the molecule is CCC(C)N(C(=O)C(CO)NC(=O)OC(C)(C)C)C(C(=O)Nc1ccc(OC)cc1)c1cccc(O)c1. The number of phenols is 1. The van der Waals surface area contributed by atoms with Crippen LogP contribution in [0, 0.1) is 0 Å². The van der Waals surface area contributed by atoms with Crippen molar-refractivity contribution in [1.82, 2.24) is 10.2 Å². The van der Waals surface area contributed by atoms with E-state index in [0.29, 0.717) is 23.4 Å². The van der Waals surface area contributed by atoms with Gasteiger partial charge in [-0.05, 0) is 76.1 Å². The summed E-state index contributed by atoms with van der Waals surface area (Å²) in [6.07, 6.45) is -0.401. The fourth-order valence-corrected chi connectivity index (χ4v) is 3.63. The van der Waals surface area contributed by atoms with E-state index in [2.05, 4.69) is 10.6 Å². The van der Waals surface area contributed by atoms with Crippen molar-refractivity contribution < 1.29 is 34.1 Å². The van der Waals surface area contributed by atoms with Crippen molar-refractivity contribution in [1.29, 1.82) is 0 Å². The Labute approximate surface area is 217 Å². The van der Waals surface area contributed by atoms with Gasteiger partial charge in [0.05, 0.1) is 13.7 Å². The average molecular weight is 516 g/mol. The van der Waals surface area contributed by atoms with E-state index < -0.39 is 48.2 Å². The van der Waals surface area contributed by atoms with Gasteiger partial charge in [0.1, 0.15) is 29.2 Å². The van der Waals surface area contributed by atoms with Crippen LogP contribution in [0.3, 0.4) is 0 Å². The molecule has 0 bridgehead atoms. The van der Waals surface area contributed by atoms with Crippen molar-refractivity contribution in [2.24, 2.45) is 0 Å². The van der Waals surface area contributed by atoms with Crippen molar-refractivity contribution in [2.75, 3.05) is 19.0 Å². The number of methoxy groups -OCH3 is 1. The third-order valence-corrected chi connectivity index (χ3v) is 5.56. The summed E-state index contributed by atoms with van der Waals surface area (Å²) >= 11 is 0. The minimum Gasteiger partial charge on any atom is -0.508 e. The number of nitrogens with one attached hydrogen (secondary N) is 2. The molecule has 2 aromatic rings. The molecule has 0 saturated heterocycles. The summed E-state index contributed by atoms with van der Waals surface area (Å²) in [4.78, 5) is 41.1. The smallest absolute Gasteiger partial charge is 0.408 e. The summed E-state index contributed by atoms with van der Waals surface area (Å²) in [6, 6.07) is 9.70. The molecular weight excluding hydrogens is 478 g/mol. The van der Waals surface area contributed by atoms with Gasteiger partial charge < -0.3 is 35.2 Å². The fraction of sp³-hybridized carbons (Fsp3) is 0.444. The highest BCUT2D eigenvalue weighted by Crippen LogP contribution is 2.29. The number of carbonyl (C=O) groups is 3. The summed E-state index contributed by atoms with van der Waals surface area (Å²) in [5.74, 6) is -0.695. The number of amides is 3. The Morgan fingerprint density at radius 1 is 1.08 bits per heavy atom. The predicted octanol–water partition coefficient (Wildman–Crippen LogP) is 3.59. The van der Waals surface area contributed by atoms with Crippen molar-refractivity contribution in [3.8, 4) is 11.5 Å². The molecule has 0 heterocycles. The van der Waals surface area contributed by atoms with Gasteiger partial charge in [-0.15, -0.1) is 0 Å². The highest BCUT2D eigenvalue weighted by Gasteiger charge is 2.38. The maximum atomic E-state index is 13.8. The molecule has 3 atom stereocenters. The first-order valence-corrected chi connectivity index (χ1v) is 12.1. The molecule has 0 fully saturated rings. The van der Waals surface area contributed by atoms with E-state index in [1.165, 1.54) is 24.1 Å². The number of carbonyl (C=O) groups excluding carboxylic acids is 3. The summed E-state index contributed by atoms with van der Waals surface area (Å²) in [7, 11) is 1.53. The van der Waals surface area contributed by atoms with Crippen LogP contribution >= 0.6 is 0 Å². The van der Waals surface area contributed by atoms with Crippen LogP contribution in [-0.2, 0) is 14.3 Å². The van der Waals surface area contributed by atoms with E-state index in [1.54, 1.807) is 64.1 Å². The van der Waals surface area contributed by atoms with Crippen LogP contribution in [0.2, 0.25) is 0 Å². The second-order valence-electron chi connectivity index (χ2n) is 9.60. The second-order valence-corrected chi connectivity index (χ2v) is 9.60. The maximum Gasteiger partial charge on any atom is 0.408 e. The molecule has 0 aliphatic rings. The molecule has 0 aliphatic heterocycles. The molecule has 0 radical (unpaired) electrons. The number of hydrogen-bond donors (Lipinski definition) is 4. The molecule has 10 heteroatoms. The molecule has 2 rings (SSSR count). The highest BCUT2D eigenvalue weighted by atomic mass is 16.6. The van der Waals surface area contributed by atoms with Gasteiger partial charge in [0.25, 0.3) is 5.91 Å². The minimum absolute atomic E-state index is 0.0816. The number of hydrogen-bond acceptors (Lipinski definition) is 7. The lowest BCUT2D eigenvalue weighted by Crippen LogP contribution is -2.56. The largest absolute Gasteiger partial charge is 0.508 e. The molecule has 37 heavy (non-hydrogen) atoms. The van der Waals surface area contributed by atoms with E-state index in [1.807, 2.05) is 6.92 Å². The number of alkyl carbamates (subject to hydrolysis) is 1. The topological polar surface area (TPSA) is 137 Å². The number of aliphatic hydroxyl groups is 1. The van der Waals surface area contributed by atoms with Crippen LogP contribution in [0.4, 0.5) is 10.5 Å². The zero-order chi connectivity index (χ0) is 27.8. The third kappa shape index (κ3) is 8.38. The van der Waals surface area contributed by atoms with Gasteiger partial charge in [-0.25, -0.2) is 4.79 Å². The predicted molar refractivity (Wildman–Crippen MR) is 139 cm³/mol. The Balaban J connectivity index is 2.48. The molecule has 3 amide bonds. The van der Waals surface area contributed by atoms with Crippen molar-refractivity contribution in [3.63, 3.8) is 0 Å². The van der Waals surface area contributed by atoms with Crippen LogP contribution in [0.1, 0.15) is 52.6 Å². The van der Waals surface area contributed by atoms with Crippen molar-refractivity contribution in [3.05, 3.63) is 54.1 Å². The first-order chi connectivity index (χ1) is 17.4. The molecule has 202 valence electrons. The quantitative estimate of drug-likeness (QED) is 0.379. The molecule has 0 spiro atoms. The van der Waals surface area contributed by atoms with Gasteiger partial charge in [0.2, 0.25) is 5.91 Å². The van der Waals surface area contributed by atoms with Crippen LogP contribution in [0.5, 0.6) is 11.5 Å². The second kappa shape index (κ2) is 13.0. The van der Waals surface area contributed by atoms with Gasteiger partial charge in [0, 0.05) is 11.7 Å². The zero-order valence-corrected chi connectivity index (χ0v) is 22.1. The number of phenolic OH excluding ortho intramolecular Hbond substituents is 1. The standard InChI is InChI=1S/C27H37N3O7/c1-7-17(2)30(25(34)22(16-31)29-26(35)37-27(3,4)5)23(18-9-8-10-20(32)15-18)24(33)28-19-11-13-21(36-6)14-12-19/h8-15,17,22-23,31-32H,7,16H2,1-6H3,(H,28,33)(H,29,35). The monoisotopic (exact) mass is 515 g/mol. The van der Waals surface area contributed by atoms with Crippen LogP contribution in [0.15, 0.2) is 48.5 Å². The number of aliphatic hydroxyl groups excluding tert-OH is 1. The summed E-state index contributed by atoms with van der Waals surface area (Å²) in [5, 5.41) is 25.3. The van der Waals surface area contributed by atoms with E-state index in [4.69, 9.17) is 9.47 Å². The number of nitrogens with zero attached hydrogens (tertiary/aromatic N) is 1. The fourth-order valence-electron chi connectivity index (χ4n) is 3.63. The van der Waals surface area contributed by atoms with Crippen molar-refractivity contribution >= 4 is 23.6 Å². The normalized spacial score (nSPS) is 13.6. The lowest BCUT2D eigenvalue weighted by Gasteiger charge is -2.38. The molecule has 3 unspecified atom stereocenters. The summed E-state index contributed by atoms with van der Waals surface area (Å²) in [5.41, 5.74) is 0.0121. The number of anilines is 1. The van der Waals surface area contributed by atoms with E-state index in [0.717, 1.165) is 0 Å². The number of rotatable bonds is 10. The maximum absolute atomic E-state index is 13.8. The Bertz CT molecular complexity index is 1070. The lowest BCUT2D eigenvalue weighted by molar-refractivity contribution is -0.144. The Morgan fingerprint density at radius 2 is 1.73 bits per heavy atom. The van der Waals surface area contributed by atoms with Gasteiger partial charge in [-0.3, -0.25) is 9.59 Å². The summed E-state index contributed by atoms with van der Waals surface area (Å²) in [6.45, 7) is 7.93. The number of ether oxygens (including phenoxy) is 2. The first kappa shape index (κ1) is 29.4. The van der Waals surface area contributed by atoms with Crippen LogP contribution in [-0.4, -0.2) is 64.4 Å². The minimum atomic E-state index is -1.36. The molecule has 0 aromatic heterocycles. The van der Waals surface area contributed by atoms with Crippen LogP contribution < -0.4 is 15.4 Å². The third-order valence-electron chi connectivity index (χ3n) is 5.56. The number of benzene rings is 2. The van der Waals surface area contributed by atoms with E-state index in [-0.39, 0.29) is 5.75 Å². The molecule has 0 saturated carbocycles. The van der Waals surface area contributed by atoms with E-state index in [9.17, 15) is 24.6 Å². The molecule has 4 N–H and O–H groups in total. The lowest BCUT2D eigenvalue weighted by atomic mass is 9.99. The Kier molecular flexibility index (Phi) is 10.3. The molecule has 2 aromatic carbocycles. The molecular formula is C27H37N3O7. The highest BCUT2D eigenvalue weighted by molar-refractivity contribution is 5.99. The summed E-state index contributed by atoms with van der Waals surface area (Å²) < 4.78 is 10.4. The van der Waals surface area contributed by atoms with Gasteiger partial charge in [0.15, 0.2) is 0 Å². The van der Waals surface area contributed by atoms with Crippen molar-refractivity contribution in [2.45, 2.75) is 64.8 Å². The van der Waals surface area contributed by atoms with Gasteiger partial charge in [-0.1, -0.05) is 19.1 Å². The number of aromatic hydroxyl groups is 1. The Hall–Kier alpha value is -3.79. The van der Waals surface area contributed by atoms with E-state index >= 15 is 0 Å². The molecule has 10 nitrogen and oxygen atoms in total. The zero-order valence-electron chi connectivity index (χ0n) is 22.1.